The lowest BCUT2D eigenvalue weighted by molar-refractivity contribution is 0.0975. The largest absolute Gasteiger partial charge is 0.490 e. The van der Waals surface area contributed by atoms with Gasteiger partial charge in [-0.05, 0) is 49.8 Å². The molecule has 3 nitrogen and oxygen atoms in total. The molecule has 20 heavy (non-hydrogen) atoms. The standard InChI is InChI=1S/C17H24O3/c1-3-9-19-16-8-7-14(12-17(16)20-10-4-2)15(18)11-13-5-6-13/h7-8,12-13H,3-6,9-11H2,1-2H3. The summed E-state index contributed by atoms with van der Waals surface area (Å²) >= 11 is 0. The molecule has 110 valence electrons. The van der Waals surface area contributed by atoms with Gasteiger partial charge in [-0.1, -0.05) is 13.8 Å². The van der Waals surface area contributed by atoms with Gasteiger partial charge in [0.05, 0.1) is 13.2 Å². The maximum Gasteiger partial charge on any atom is 0.163 e. The number of carbonyl (C=O) groups is 1. The first-order chi connectivity index (χ1) is 9.74. The summed E-state index contributed by atoms with van der Waals surface area (Å²) in [5.74, 6) is 2.26. The van der Waals surface area contributed by atoms with Crippen LogP contribution in [0.1, 0.15) is 56.3 Å². The molecule has 0 atom stereocenters. The van der Waals surface area contributed by atoms with Gasteiger partial charge in [0.2, 0.25) is 0 Å². The second kappa shape index (κ2) is 7.32. The average Bonchev–Trinajstić information content (AvgIpc) is 3.27. The molecule has 1 fully saturated rings. The minimum atomic E-state index is 0.218. The van der Waals surface area contributed by atoms with Gasteiger partial charge in [0.15, 0.2) is 17.3 Å². The fourth-order valence-corrected chi connectivity index (χ4v) is 2.04. The molecular formula is C17H24O3. The first-order valence-electron chi connectivity index (χ1n) is 7.67. The van der Waals surface area contributed by atoms with Crippen molar-refractivity contribution in [2.24, 2.45) is 5.92 Å². The van der Waals surface area contributed by atoms with Gasteiger partial charge in [-0.15, -0.1) is 0 Å². The zero-order valence-corrected chi connectivity index (χ0v) is 12.5. The zero-order valence-electron chi connectivity index (χ0n) is 12.5. The van der Waals surface area contributed by atoms with E-state index < -0.39 is 0 Å². The Balaban J connectivity index is 2.10. The Kier molecular flexibility index (Phi) is 5.45. The third-order valence-corrected chi connectivity index (χ3v) is 3.36. The van der Waals surface area contributed by atoms with Crippen LogP contribution in [-0.2, 0) is 0 Å². The van der Waals surface area contributed by atoms with Crippen molar-refractivity contribution in [1.82, 2.24) is 0 Å². The van der Waals surface area contributed by atoms with Gasteiger partial charge in [-0.25, -0.2) is 0 Å². The van der Waals surface area contributed by atoms with E-state index in [0.717, 1.165) is 24.2 Å². The van der Waals surface area contributed by atoms with Crippen molar-refractivity contribution in [2.45, 2.75) is 46.0 Å². The SMILES string of the molecule is CCCOc1ccc(C(=O)CC2CC2)cc1OCCC. The number of ketones is 1. The fourth-order valence-electron chi connectivity index (χ4n) is 2.04. The van der Waals surface area contributed by atoms with Crippen LogP contribution < -0.4 is 9.47 Å². The molecule has 1 aliphatic carbocycles. The minimum Gasteiger partial charge on any atom is -0.490 e. The van der Waals surface area contributed by atoms with E-state index in [9.17, 15) is 4.79 Å². The highest BCUT2D eigenvalue weighted by atomic mass is 16.5. The summed E-state index contributed by atoms with van der Waals surface area (Å²) in [6.07, 6.45) is 4.96. The molecule has 0 bridgehead atoms. The second-order valence-electron chi connectivity index (χ2n) is 5.43. The molecule has 1 aromatic rings. The normalized spacial score (nSPS) is 14.1. The van der Waals surface area contributed by atoms with Crippen molar-refractivity contribution < 1.29 is 14.3 Å². The lowest BCUT2D eigenvalue weighted by atomic mass is 10.1. The number of ether oxygens (including phenoxy) is 2. The lowest BCUT2D eigenvalue weighted by Crippen LogP contribution is -2.05. The summed E-state index contributed by atoms with van der Waals surface area (Å²) in [5.41, 5.74) is 0.742. The summed E-state index contributed by atoms with van der Waals surface area (Å²) in [7, 11) is 0. The summed E-state index contributed by atoms with van der Waals surface area (Å²) in [4.78, 5) is 12.2. The highest BCUT2D eigenvalue weighted by Gasteiger charge is 2.25. The molecule has 1 aliphatic rings. The Morgan fingerprint density at radius 1 is 1.10 bits per heavy atom. The average molecular weight is 276 g/mol. The molecule has 0 N–H and O–H groups in total. The van der Waals surface area contributed by atoms with Crippen LogP contribution in [0.25, 0.3) is 0 Å². The van der Waals surface area contributed by atoms with Gasteiger partial charge in [0.1, 0.15) is 0 Å². The lowest BCUT2D eigenvalue weighted by Gasteiger charge is -2.13. The Labute approximate surface area is 121 Å². The number of rotatable bonds is 9. The van der Waals surface area contributed by atoms with Gasteiger partial charge >= 0.3 is 0 Å². The summed E-state index contributed by atoms with van der Waals surface area (Å²) in [6.45, 7) is 5.44. The molecule has 0 aromatic heterocycles. The first kappa shape index (κ1) is 14.9. The molecule has 0 spiro atoms. The van der Waals surface area contributed by atoms with Crippen LogP contribution in [0.15, 0.2) is 18.2 Å². The van der Waals surface area contributed by atoms with Crippen molar-refractivity contribution in [3.8, 4) is 11.5 Å². The van der Waals surface area contributed by atoms with Crippen molar-refractivity contribution in [3.63, 3.8) is 0 Å². The molecule has 0 heterocycles. The highest BCUT2D eigenvalue weighted by Crippen LogP contribution is 2.35. The molecule has 0 radical (unpaired) electrons. The number of carbonyl (C=O) groups excluding carboxylic acids is 1. The van der Waals surface area contributed by atoms with Crippen LogP contribution >= 0.6 is 0 Å². The van der Waals surface area contributed by atoms with Crippen molar-refractivity contribution in [1.29, 1.82) is 0 Å². The smallest absolute Gasteiger partial charge is 0.163 e. The van der Waals surface area contributed by atoms with E-state index in [4.69, 9.17) is 9.47 Å². The fraction of sp³-hybridized carbons (Fsp3) is 0.588. The molecule has 0 unspecified atom stereocenters. The van der Waals surface area contributed by atoms with Gasteiger partial charge in [0, 0.05) is 12.0 Å². The molecule has 0 aliphatic heterocycles. The summed E-state index contributed by atoms with van der Waals surface area (Å²) in [6, 6.07) is 5.56. The van der Waals surface area contributed by atoms with Gasteiger partial charge in [0.25, 0.3) is 0 Å². The van der Waals surface area contributed by atoms with Crippen LogP contribution in [0.4, 0.5) is 0 Å². The van der Waals surface area contributed by atoms with Gasteiger partial charge in [-0.3, -0.25) is 4.79 Å². The Bertz CT molecular complexity index is 450. The van der Waals surface area contributed by atoms with E-state index in [1.165, 1.54) is 12.8 Å². The van der Waals surface area contributed by atoms with Gasteiger partial charge < -0.3 is 9.47 Å². The third-order valence-electron chi connectivity index (χ3n) is 3.36. The van der Waals surface area contributed by atoms with Crippen molar-refractivity contribution >= 4 is 5.78 Å². The quantitative estimate of drug-likeness (QED) is 0.633. The highest BCUT2D eigenvalue weighted by molar-refractivity contribution is 5.97. The van der Waals surface area contributed by atoms with Crippen LogP contribution in [0, 0.1) is 5.92 Å². The maximum absolute atomic E-state index is 12.2. The molecular weight excluding hydrogens is 252 g/mol. The van der Waals surface area contributed by atoms with E-state index in [2.05, 4.69) is 13.8 Å². The van der Waals surface area contributed by atoms with Crippen LogP contribution in [0.3, 0.4) is 0 Å². The Morgan fingerprint density at radius 3 is 2.35 bits per heavy atom. The molecule has 0 saturated heterocycles. The topological polar surface area (TPSA) is 35.5 Å². The summed E-state index contributed by atoms with van der Waals surface area (Å²) in [5, 5.41) is 0. The third kappa shape index (κ3) is 4.26. The van der Waals surface area contributed by atoms with E-state index in [1.807, 2.05) is 18.2 Å². The van der Waals surface area contributed by atoms with E-state index in [-0.39, 0.29) is 5.78 Å². The molecule has 1 saturated carbocycles. The van der Waals surface area contributed by atoms with Crippen LogP contribution in [0.2, 0.25) is 0 Å². The number of hydrogen-bond donors (Lipinski definition) is 0. The van der Waals surface area contributed by atoms with E-state index in [0.29, 0.717) is 31.3 Å². The van der Waals surface area contributed by atoms with Crippen LogP contribution in [0.5, 0.6) is 11.5 Å². The molecule has 0 amide bonds. The predicted molar refractivity (Wildman–Crippen MR) is 79.7 cm³/mol. The van der Waals surface area contributed by atoms with E-state index in [1.54, 1.807) is 0 Å². The minimum absolute atomic E-state index is 0.218. The maximum atomic E-state index is 12.2. The summed E-state index contributed by atoms with van der Waals surface area (Å²) < 4.78 is 11.4. The molecule has 2 rings (SSSR count). The first-order valence-corrected chi connectivity index (χ1v) is 7.67. The van der Waals surface area contributed by atoms with Crippen molar-refractivity contribution in [3.05, 3.63) is 23.8 Å². The Hall–Kier alpha value is -1.51. The number of Topliss-reactive ketones (excluding diaryl/α,β-unsaturated/α-hetero) is 1. The van der Waals surface area contributed by atoms with Crippen molar-refractivity contribution in [2.75, 3.05) is 13.2 Å². The zero-order chi connectivity index (χ0) is 14.4. The molecule has 3 heteroatoms. The van der Waals surface area contributed by atoms with E-state index >= 15 is 0 Å². The van der Waals surface area contributed by atoms with Gasteiger partial charge in [-0.2, -0.15) is 0 Å². The number of benzene rings is 1. The molecule has 1 aromatic carbocycles. The predicted octanol–water partition coefficient (Wildman–Crippen LogP) is 4.25. The van der Waals surface area contributed by atoms with Crippen LogP contribution in [-0.4, -0.2) is 19.0 Å². The number of hydrogen-bond acceptors (Lipinski definition) is 3. The monoisotopic (exact) mass is 276 g/mol. The second-order valence-corrected chi connectivity index (χ2v) is 5.43. The Morgan fingerprint density at radius 2 is 1.75 bits per heavy atom.